The van der Waals surface area contributed by atoms with Crippen LogP contribution in [0.25, 0.3) is 0 Å². The van der Waals surface area contributed by atoms with E-state index in [4.69, 9.17) is 18.0 Å². The maximum atomic E-state index is 12.6. The van der Waals surface area contributed by atoms with Gasteiger partial charge in [0.1, 0.15) is 0 Å². The highest BCUT2D eigenvalue weighted by molar-refractivity contribution is 7.80. The normalized spacial score (nSPS) is 17.7. The van der Waals surface area contributed by atoms with Crippen LogP contribution in [0.5, 0.6) is 0 Å². The number of carbonyl (C=O) groups excluding carboxylic acids is 1. The molecule has 1 fully saturated rings. The van der Waals surface area contributed by atoms with Gasteiger partial charge < -0.3 is 11.1 Å². The van der Waals surface area contributed by atoms with Crippen molar-refractivity contribution in [2.24, 2.45) is 11.1 Å². The minimum atomic E-state index is -0.657. The number of nitrogens with one attached hydrogen (secondary N) is 1. The second kappa shape index (κ2) is 5.70. The van der Waals surface area contributed by atoms with E-state index in [1.165, 1.54) is 0 Å². The highest BCUT2D eigenvalue weighted by Gasteiger charge is 2.42. The summed E-state index contributed by atoms with van der Waals surface area (Å²) >= 11 is 5.17. The summed E-state index contributed by atoms with van der Waals surface area (Å²) in [6, 6.07) is 7.75. The number of hydrogen-bond acceptors (Lipinski definition) is 2. The Balaban J connectivity index is 2.21. The van der Waals surface area contributed by atoms with E-state index in [0.717, 1.165) is 43.4 Å². The zero-order valence-corrected chi connectivity index (χ0v) is 12.1. The second-order valence-corrected chi connectivity index (χ2v) is 5.72. The molecule has 102 valence electrons. The topological polar surface area (TPSA) is 55.1 Å². The monoisotopic (exact) mass is 276 g/mol. The van der Waals surface area contributed by atoms with E-state index in [9.17, 15) is 4.79 Å². The van der Waals surface area contributed by atoms with Gasteiger partial charge in [-0.3, -0.25) is 4.79 Å². The Hall–Kier alpha value is -1.42. The van der Waals surface area contributed by atoms with Crippen molar-refractivity contribution >= 4 is 28.8 Å². The minimum absolute atomic E-state index is 0.0472. The van der Waals surface area contributed by atoms with Crippen molar-refractivity contribution in [2.75, 3.05) is 5.32 Å². The molecular weight excluding hydrogens is 256 g/mol. The third-order valence-electron chi connectivity index (χ3n) is 4.01. The maximum Gasteiger partial charge on any atom is 0.237 e. The molecule has 0 aromatic heterocycles. The third-order valence-corrected chi connectivity index (χ3v) is 4.40. The van der Waals surface area contributed by atoms with Crippen molar-refractivity contribution in [2.45, 2.75) is 39.0 Å². The zero-order valence-electron chi connectivity index (χ0n) is 11.2. The molecule has 0 spiro atoms. The molecular formula is C15H20N2OS. The Morgan fingerprint density at radius 1 is 1.26 bits per heavy atom. The molecule has 1 aromatic carbocycles. The predicted molar refractivity (Wildman–Crippen MR) is 82.1 cm³/mol. The molecule has 0 atom stereocenters. The molecule has 3 nitrogen and oxygen atoms in total. The highest BCUT2D eigenvalue weighted by Crippen LogP contribution is 2.38. The van der Waals surface area contributed by atoms with Crippen LogP contribution < -0.4 is 11.1 Å². The summed E-state index contributed by atoms with van der Waals surface area (Å²) in [5, 5.41) is 3.00. The molecule has 2 rings (SSSR count). The number of anilines is 1. The predicted octanol–water partition coefficient (Wildman–Crippen LogP) is 3.17. The highest BCUT2D eigenvalue weighted by atomic mass is 32.1. The summed E-state index contributed by atoms with van der Waals surface area (Å²) in [6.45, 7) is 1.98. The first kappa shape index (κ1) is 14.0. The van der Waals surface area contributed by atoms with E-state index in [0.29, 0.717) is 4.99 Å². The van der Waals surface area contributed by atoms with E-state index < -0.39 is 5.41 Å². The van der Waals surface area contributed by atoms with Gasteiger partial charge in [-0.1, -0.05) is 49.7 Å². The molecule has 19 heavy (non-hydrogen) atoms. The van der Waals surface area contributed by atoms with Crippen molar-refractivity contribution in [1.82, 2.24) is 0 Å². The zero-order chi connectivity index (χ0) is 13.9. The third kappa shape index (κ3) is 2.78. The van der Waals surface area contributed by atoms with Crippen molar-refractivity contribution in [3.05, 3.63) is 29.8 Å². The summed E-state index contributed by atoms with van der Waals surface area (Å²) in [7, 11) is 0. The van der Waals surface area contributed by atoms with Crippen molar-refractivity contribution < 1.29 is 4.79 Å². The number of carbonyl (C=O) groups is 1. The van der Waals surface area contributed by atoms with Crippen molar-refractivity contribution in [3.8, 4) is 0 Å². The summed E-state index contributed by atoms with van der Waals surface area (Å²) in [4.78, 5) is 12.9. The van der Waals surface area contributed by atoms with Gasteiger partial charge in [0, 0.05) is 5.69 Å². The molecule has 0 saturated heterocycles. The fourth-order valence-electron chi connectivity index (χ4n) is 2.70. The Bertz CT molecular complexity index is 493. The van der Waals surface area contributed by atoms with Crippen LogP contribution in [-0.4, -0.2) is 10.9 Å². The molecule has 0 heterocycles. The van der Waals surface area contributed by atoms with Gasteiger partial charge in [0.05, 0.1) is 10.4 Å². The lowest BCUT2D eigenvalue weighted by atomic mass is 9.73. The number of thiocarbonyl (C=S) groups is 1. The lowest BCUT2D eigenvalue weighted by Crippen LogP contribution is -2.47. The van der Waals surface area contributed by atoms with E-state index in [-0.39, 0.29) is 5.91 Å². The number of nitrogens with two attached hydrogens (primary N) is 1. The fraction of sp³-hybridized carbons (Fsp3) is 0.467. The van der Waals surface area contributed by atoms with Gasteiger partial charge in [0.25, 0.3) is 0 Å². The first-order valence-electron chi connectivity index (χ1n) is 6.73. The van der Waals surface area contributed by atoms with Crippen molar-refractivity contribution in [3.63, 3.8) is 0 Å². The van der Waals surface area contributed by atoms with Crippen LogP contribution in [0.3, 0.4) is 0 Å². The van der Waals surface area contributed by atoms with E-state index >= 15 is 0 Å². The molecule has 3 N–H and O–H groups in total. The smallest absolute Gasteiger partial charge is 0.237 e. The number of benzene rings is 1. The van der Waals surface area contributed by atoms with Crippen LogP contribution in [0.15, 0.2) is 24.3 Å². The summed E-state index contributed by atoms with van der Waals surface area (Å²) in [5.41, 5.74) is 7.10. The number of aryl methyl sites for hydroxylation is 1. The Morgan fingerprint density at radius 3 is 2.47 bits per heavy atom. The van der Waals surface area contributed by atoms with E-state index in [1.807, 2.05) is 31.2 Å². The quantitative estimate of drug-likeness (QED) is 0.834. The van der Waals surface area contributed by atoms with Gasteiger partial charge in [-0.25, -0.2) is 0 Å². The standard InChI is InChI=1S/C15H20N2OS/c1-11-7-3-4-8-12(11)17-14(18)15(13(16)19)9-5-2-6-10-15/h3-4,7-8H,2,5-6,9-10H2,1H3,(H2,16,19)(H,17,18). The van der Waals surface area contributed by atoms with Gasteiger partial charge in [-0.15, -0.1) is 0 Å². The summed E-state index contributed by atoms with van der Waals surface area (Å²) in [5.74, 6) is -0.0472. The minimum Gasteiger partial charge on any atom is -0.392 e. The molecule has 1 saturated carbocycles. The van der Waals surface area contributed by atoms with Crippen LogP contribution in [0.2, 0.25) is 0 Å². The van der Waals surface area contributed by atoms with Crippen molar-refractivity contribution in [1.29, 1.82) is 0 Å². The van der Waals surface area contributed by atoms with E-state index in [2.05, 4.69) is 5.32 Å². The van der Waals surface area contributed by atoms with Gasteiger partial charge in [-0.05, 0) is 31.4 Å². The molecule has 1 amide bonds. The Kier molecular flexibility index (Phi) is 4.20. The van der Waals surface area contributed by atoms with Crippen LogP contribution >= 0.6 is 12.2 Å². The molecule has 1 aliphatic rings. The maximum absolute atomic E-state index is 12.6. The Labute approximate surface area is 119 Å². The number of para-hydroxylation sites is 1. The van der Waals surface area contributed by atoms with E-state index in [1.54, 1.807) is 0 Å². The second-order valence-electron chi connectivity index (χ2n) is 5.28. The SMILES string of the molecule is Cc1ccccc1NC(=O)C1(C(N)=S)CCCCC1. The van der Waals surface area contributed by atoms with Gasteiger partial charge in [0.15, 0.2) is 0 Å². The van der Waals surface area contributed by atoms with Gasteiger partial charge in [0.2, 0.25) is 5.91 Å². The van der Waals surface area contributed by atoms with Crippen LogP contribution in [0.1, 0.15) is 37.7 Å². The molecule has 0 unspecified atom stereocenters. The summed E-state index contributed by atoms with van der Waals surface area (Å²) < 4.78 is 0. The average molecular weight is 276 g/mol. The fourth-order valence-corrected chi connectivity index (χ4v) is 2.99. The molecule has 0 bridgehead atoms. The molecule has 4 heteroatoms. The Morgan fingerprint density at radius 2 is 1.89 bits per heavy atom. The van der Waals surface area contributed by atoms with Gasteiger partial charge >= 0.3 is 0 Å². The molecule has 1 aliphatic carbocycles. The first-order chi connectivity index (χ1) is 9.06. The van der Waals surface area contributed by atoms with Crippen LogP contribution in [-0.2, 0) is 4.79 Å². The number of amides is 1. The molecule has 0 aliphatic heterocycles. The average Bonchev–Trinajstić information content (AvgIpc) is 2.42. The molecule has 0 radical (unpaired) electrons. The van der Waals surface area contributed by atoms with Gasteiger partial charge in [-0.2, -0.15) is 0 Å². The first-order valence-corrected chi connectivity index (χ1v) is 7.14. The lowest BCUT2D eigenvalue weighted by Gasteiger charge is -2.34. The largest absolute Gasteiger partial charge is 0.392 e. The number of hydrogen-bond donors (Lipinski definition) is 2. The number of rotatable bonds is 3. The summed E-state index contributed by atoms with van der Waals surface area (Å²) in [6.07, 6.45) is 4.71. The van der Waals surface area contributed by atoms with Crippen LogP contribution in [0.4, 0.5) is 5.69 Å². The molecule has 1 aromatic rings. The lowest BCUT2D eigenvalue weighted by molar-refractivity contribution is -0.123. The van der Waals surface area contributed by atoms with Crippen LogP contribution in [0, 0.1) is 12.3 Å².